The van der Waals surface area contributed by atoms with E-state index in [2.05, 4.69) is 31.0 Å². The monoisotopic (exact) mass is 296 g/mol. The second-order valence-electron chi connectivity index (χ2n) is 6.74. The highest BCUT2D eigenvalue weighted by molar-refractivity contribution is 5.98. The van der Waals surface area contributed by atoms with Crippen molar-refractivity contribution >= 4 is 11.6 Å². The highest BCUT2D eigenvalue weighted by Gasteiger charge is 2.29. The van der Waals surface area contributed by atoms with Gasteiger partial charge >= 0.3 is 0 Å². The average molecular weight is 296 g/mol. The van der Waals surface area contributed by atoms with E-state index in [-0.39, 0.29) is 5.91 Å². The second-order valence-corrected chi connectivity index (χ2v) is 6.74. The molecule has 1 aromatic heterocycles. The highest BCUT2D eigenvalue weighted by Crippen LogP contribution is 2.30. The summed E-state index contributed by atoms with van der Waals surface area (Å²) in [6, 6.07) is 10.0. The van der Waals surface area contributed by atoms with E-state index in [9.17, 15) is 4.79 Å². The van der Waals surface area contributed by atoms with Crippen LogP contribution in [0.5, 0.6) is 0 Å². The Hall–Kier alpha value is -2.16. The molecule has 3 heteroatoms. The molecule has 116 valence electrons. The molecule has 0 N–H and O–H groups in total. The summed E-state index contributed by atoms with van der Waals surface area (Å²) < 4.78 is 0. The van der Waals surface area contributed by atoms with E-state index in [1.807, 2.05) is 50.1 Å². The van der Waals surface area contributed by atoms with Gasteiger partial charge in [0.25, 0.3) is 0 Å². The molecule has 0 aliphatic carbocycles. The third-order valence-electron chi connectivity index (χ3n) is 3.66. The minimum Gasteiger partial charge on any atom is -0.307 e. The molecule has 1 heterocycles. The van der Waals surface area contributed by atoms with Crippen LogP contribution in [0, 0.1) is 19.3 Å². The molecule has 0 bridgehead atoms. The van der Waals surface area contributed by atoms with E-state index in [1.165, 1.54) is 0 Å². The summed E-state index contributed by atoms with van der Waals surface area (Å²) in [5.41, 5.74) is 3.83. The number of nitrogens with zero attached hydrogens (tertiary/aromatic N) is 2. The van der Waals surface area contributed by atoms with Crippen LogP contribution >= 0.6 is 0 Å². The van der Waals surface area contributed by atoms with Crippen LogP contribution < -0.4 is 4.90 Å². The number of rotatable bonds is 3. The Bertz CT molecular complexity index is 637. The molecule has 2 rings (SSSR count). The Morgan fingerprint density at radius 3 is 2.23 bits per heavy atom. The van der Waals surface area contributed by atoms with E-state index in [4.69, 9.17) is 0 Å². The van der Waals surface area contributed by atoms with E-state index in [0.29, 0.717) is 6.54 Å². The molecule has 0 saturated carbocycles. The van der Waals surface area contributed by atoms with Crippen LogP contribution in [0.3, 0.4) is 0 Å². The summed E-state index contributed by atoms with van der Waals surface area (Å²) in [6.45, 7) is 10.5. The zero-order valence-corrected chi connectivity index (χ0v) is 14.1. The van der Waals surface area contributed by atoms with Gasteiger partial charge in [0.2, 0.25) is 5.91 Å². The van der Waals surface area contributed by atoms with Crippen LogP contribution in [0.2, 0.25) is 0 Å². The Balaban J connectivity index is 2.49. The zero-order valence-electron chi connectivity index (χ0n) is 14.1. The predicted molar refractivity (Wildman–Crippen MR) is 90.8 cm³/mol. The summed E-state index contributed by atoms with van der Waals surface area (Å²) in [7, 11) is 0. The first-order chi connectivity index (χ1) is 10.3. The number of aryl methyl sites for hydroxylation is 2. The Kier molecular flexibility index (Phi) is 4.65. The summed E-state index contributed by atoms with van der Waals surface area (Å²) in [5.74, 6) is 0.119. The number of carbonyl (C=O) groups excluding carboxylic acids is 1. The SMILES string of the molecule is Cc1cccc(C)c1N(Cc1cccnc1)C(=O)C(C)(C)C. The molecule has 1 aromatic carbocycles. The number of pyridine rings is 1. The number of hydrogen-bond donors (Lipinski definition) is 0. The van der Waals surface area contributed by atoms with Crippen molar-refractivity contribution in [2.24, 2.45) is 5.41 Å². The van der Waals surface area contributed by atoms with Crippen molar-refractivity contribution in [1.82, 2.24) is 4.98 Å². The number of carbonyl (C=O) groups is 1. The summed E-state index contributed by atoms with van der Waals surface area (Å²) in [6.07, 6.45) is 3.56. The van der Waals surface area contributed by atoms with Crippen LogP contribution in [-0.4, -0.2) is 10.9 Å². The molecule has 0 saturated heterocycles. The number of anilines is 1. The van der Waals surface area contributed by atoms with E-state index in [0.717, 1.165) is 22.4 Å². The van der Waals surface area contributed by atoms with Crippen LogP contribution in [0.4, 0.5) is 5.69 Å². The number of benzene rings is 1. The lowest BCUT2D eigenvalue weighted by atomic mass is 9.93. The molecule has 0 unspecified atom stereocenters. The van der Waals surface area contributed by atoms with Crippen molar-refractivity contribution in [2.45, 2.75) is 41.2 Å². The van der Waals surface area contributed by atoms with Gasteiger partial charge in [-0.1, -0.05) is 45.0 Å². The quantitative estimate of drug-likeness (QED) is 0.847. The normalized spacial score (nSPS) is 11.3. The standard InChI is InChI=1S/C19H24N2O/c1-14-8-6-9-15(2)17(14)21(18(22)19(3,4)5)13-16-10-7-11-20-12-16/h6-12H,13H2,1-5H3. The molecule has 0 spiro atoms. The second kappa shape index (κ2) is 6.30. The number of para-hydroxylation sites is 1. The lowest BCUT2D eigenvalue weighted by molar-refractivity contribution is -0.125. The first-order valence-electron chi connectivity index (χ1n) is 7.58. The van der Waals surface area contributed by atoms with Gasteiger partial charge in [0, 0.05) is 23.5 Å². The first-order valence-corrected chi connectivity index (χ1v) is 7.58. The molecular weight excluding hydrogens is 272 g/mol. The lowest BCUT2D eigenvalue weighted by Crippen LogP contribution is -2.40. The molecule has 3 nitrogen and oxygen atoms in total. The molecule has 0 fully saturated rings. The fourth-order valence-corrected chi connectivity index (χ4v) is 2.56. The maximum absolute atomic E-state index is 13.0. The van der Waals surface area contributed by atoms with Crippen molar-refractivity contribution in [3.05, 3.63) is 59.4 Å². The van der Waals surface area contributed by atoms with Gasteiger partial charge in [-0.05, 0) is 36.6 Å². The van der Waals surface area contributed by atoms with Gasteiger partial charge < -0.3 is 4.90 Å². The number of aromatic nitrogens is 1. The predicted octanol–water partition coefficient (Wildman–Crippen LogP) is 4.28. The van der Waals surface area contributed by atoms with Gasteiger partial charge in [0.15, 0.2) is 0 Å². The molecule has 2 aromatic rings. The summed E-state index contributed by atoms with van der Waals surface area (Å²) in [4.78, 5) is 19.0. The van der Waals surface area contributed by atoms with Gasteiger partial charge in [-0.15, -0.1) is 0 Å². The van der Waals surface area contributed by atoms with Crippen LogP contribution in [-0.2, 0) is 11.3 Å². The third kappa shape index (κ3) is 3.53. The minimum atomic E-state index is -0.434. The van der Waals surface area contributed by atoms with E-state index >= 15 is 0 Å². The van der Waals surface area contributed by atoms with Gasteiger partial charge in [-0.2, -0.15) is 0 Å². The van der Waals surface area contributed by atoms with E-state index < -0.39 is 5.41 Å². The summed E-state index contributed by atoms with van der Waals surface area (Å²) in [5, 5.41) is 0. The van der Waals surface area contributed by atoms with E-state index in [1.54, 1.807) is 6.20 Å². The molecule has 0 aliphatic heterocycles. The number of amides is 1. The Labute approximate surface area is 133 Å². The first kappa shape index (κ1) is 16.2. The molecule has 1 amide bonds. The summed E-state index contributed by atoms with van der Waals surface area (Å²) >= 11 is 0. The molecule has 0 radical (unpaired) electrons. The largest absolute Gasteiger partial charge is 0.307 e. The van der Waals surface area contributed by atoms with Gasteiger partial charge in [0.05, 0.1) is 6.54 Å². The van der Waals surface area contributed by atoms with Crippen molar-refractivity contribution in [3.8, 4) is 0 Å². The third-order valence-corrected chi connectivity index (χ3v) is 3.66. The maximum Gasteiger partial charge on any atom is 0.232 e. The van der Waals surface area contributed by atoms with Crippen molar-refractivity contribution < 1.29 is 4.79 Å². The molecular formula is C19H24N2O. The zero-order chi connectivity index (χ0) is 16.3. The fraction of sp³-hybridized carbons (Fsp3) is 0.368. The van der Waals surface area contributed by atoms with Crippen molar-refractivity contribution in [2.75, 3.05) is 4.90 Å². The Morgan fingerprint density at radius 2 is 1.73 bits per heavy atom. The number of hydrogen-bond acceptors (Lipinski definition) is 2. The van der Waals surface area contributed by atoms with Crippen molar-refractivity contribution in [3.63, 3.8) is 0 Å². The topological polar surface area (TPSA) is 33.2 Å². The minimum absolute atomic E-state index is 0.119. The molecule has 0 atom stereocenters. The van der Waals surface area contributed by atoms with Crippen LogP contribution in [0.1, 0.15) is 37.5 Å². The highest BCUT2D eigenvalue weighted by atomic mass is 16.2. The molecule has 22 heavy (non-hydrogen) atoms. The van der Waals surface area contributed by atoms with Gasteiger partial charge in [0.1, 0.15) is 0 Å². The fourth-order valence-electron chi connectivity index (χ4n) is 2.56. The smallest absolute Gasteiger partial charge is 0.232 e. The van der Waals surface area contributed by atoms with Crippen LogP contribution in [0.25, 0.3) is 0 Å². The maximum atomic E-state index is 13.0. The van der Waals surface area contributed by atoms with Crippen LogP contribution in [0.15, 0.2) is 42.7 Å². The average Bonchev–Trinajstić information content (AvgIpc) is 2.45. The Morgan fingerprint density at radius 1 is 1.09 bits per heavy atom. The van der Waals surface area contributed by atoms with Crippen molar-refractivity contribution in [1.29, 1.82) is 0 Å². The van der Waals surface area contributed by atoms with Gasteiger partial charge in [-0.25, -0.2) is 0 Å². The van der Waals surface area contributed by atoms with Gasteiger partial charge in [-0.3, -0.25) is 9.78 Å². The lowest BCUT2D eigenvalue weighted by Gasteiger charge is -2.32. The molecule has 0 aliphatic rings.